The van der Waals surface area contributed by atoms with Gasteiger partial charge < -0.3 is 17.9 Å². The third-order valence-electron chi connectivity index (χ3n) is 1.90. The van der Waals surface area contributed by atoms with Gasteiger partial charge in [-0.05, 0) is 5.17 Å². The van der Waals surface area contributed by atoms with Crippen LogP contribution < -0.4 is 5.32 Å². The van der Waals surface area contributed by atoms with Crippen molar-refractivity contribution in [3.05, 3.63) is 24.3 Å². The monoisotopic (exact) mass is 179 g/mol. The number of rotatable bonds is 0. The van der Waals surface area contributed by atoms with Gasteiger partial charge in [-0.25, -0.2) is 0 Å². The van der Waals surface area contributed by atoms with Crippen LogP contribution in [-0.4, -0.2) is 17.1 Å². The number of hydrogen-bond donors (Lipinski definition) is 1. The Balaban J connectivity index is 2.34. The predicted octanol–water partition coefficient (Wildman–Crippen LogP) is 0.130. The molecule has 12 heavy (non-hydrogen) atoms. The van der Waals surface area contributed by atoms with Crippen molar-refractivity contribution in [1.29, 1.82) is 0 Å². The number of carbonyl (C=O) groups excluding carboxylic acids is 1. The Kier molecular flexibility index (Phi) is 1.69. The van der Waals surface area contributed by atoms with Crippen LogP contribution in [0.2, 0.25) is 0 Å². The third-order valence-corrected chi connectivity index (χ3v) is 2.11. The Labute approximate surface area is 75.7 Å². The molecule has 0 saturated heterocycles. The SMILES string of the molecule is O=C1NC([S-])=NC2C=CC=CC12. The summed E-state index contributed by atoms with van der Waals surface area (Å²) in [6, 6.07) is -0.0868. The molecule has 1 N–H and O–H groups in total. The molecule has 62 valence electrons. The highest BCUT2D eigenvalue weighted by molar-refractivity contribution is 7.77. The Bertz CT molecular complexity index is 306. The summed E-state index contributed by atoms with van der Waals surface area (Å²) in [5.41, 5.74) is 0. The molecule has 1 heterocycles. The maximum atomic E-state index is 11.3. The average molecular weight is 179 g/mol. The summed E-state index contributed by atoms with van der Waals surface area (Å²) in [7, 11) is 0. The Morgan fingerprint density at radius 2 is 2.17 bits per heavy atom. The summed E-state index contributed by atoms with van der Waals surface area (Å²) in [4.78, 5) is 15.4. The third kappa shape index (κ3) is 1.14. The lowest BCUT2D eigenvalue weighted by atomic mass is 9.94. The van der Waals surface area contributed by atoms with Gasteiger partial charge >= 0.3 is 0 Å². The van der Waals surface area contributed by atoms with Gasteiger partial charge in [-0.1, -0.05) is 24.3 Å². The maximum absolute atomic E-state index is 11.3. The molecule has 1 amide bonds. The number of amidine groups is 1. The Morgan fingerprint density at radius 3 is 3.00 bits per heavy atom. The van der Waals surface area contributed by atoms with E-state index in [1.54, 1.807) is 0 Å². The van der Waals surface area contributed by atoms with E-state index in [9.17, 15) is 4.79 Å². The van der Waals surface area contributed by atoms with E-state index >= 15 is 0 Å². The molecule has 2 atom stereocenters. The fraction of sp³-hybridized carbons (Fsp3) is 0.250. The maximum Gasteiger partial charge on any atom is 0.233 e. The van der Waals surface area contributed by atoms with Crippen LogP contribution in [0.4, 0.5) is 0 Å². The number of carbonyl (C=O) groups is 1. The van der Waals surface area contributed by atoms with Gasteiger partial charge in [0, 0.05) is 0 Å². The van der Waals surface area contributed by atoms with E-state index < -0.39 is 0 Å². The van der Waals surface area contributed by atoms with E-state index in [0.717, 1.165) is 0 Å². The molecule has 0 fully saturated rings. The van der Waals surface area contributed by atoms with Gasteiger partial charge in [0.25, 0.3) is 0 Å². The number of nitrogens with one attached hydrogen (secondary N) is 1. The molecular weight excluding hydrogens is 172 g/mol. The number of amides is 1. The summed E-state index contributed by atoms with van der Waals surface area (Å²) in [6.45, 7) is 0. The molecule has 1 aliphatic heterocycles. The largest absolute Gasteiger partial charge is 0.743 e. The number of nitrogens with zero attached hydrogens (tertiary/aromatic N) is 1. The first-order valence-corrected chi connectivity index (χ1v) is 4.09. The molecule has 0 spiro atoms. The van der Waals surface area contributed by atoms with Gasteiger partial charge in [0.1, 0.15) is 0 Å². The molecule has 3 nitrogen and oxygen atoms in total. The van der Waals surface area contributed by atoms with Crippen molar-refractivity contribution in [1.82, 2.24) is 5.32 Å². The normalized spacial score (nSPS) is 32.3. The van der Waals surface area contributed by atoms with Gasteiger partial charge in [-0.2, -0.15) is 0 Å². The summed E-state index contributed by atoms with van der Waals surface area (Å²) in [6.07, 6.45) is 7.46. The van der Waals surface area contributed by atoms with Crippen molar-refractivity contribution in [2.75, 3.05) is 0 Å². The molecule has 0 bridgehead atoms. The quantitative estimate of drug-likeness (QED) is 0.537. The zero-order chi connectivity index (χ0) is 8.55. The minimum Gasteiger partial charge on any atom is -0.743 e. The van der Waals surface area contributed by atoms with E-state index in [0.29, 0.717) is 5.17 Å². The lowest BCUT2D eigenvalue weighted by Crippen LogP contribution is -2.44. The Hall–Kier alpha value is -1.16. The second kappa shape index (κ2) is 2.71. The Morgan fingerprint density at radius 1 is 1.42 bits per heavy atom. The van der Waals surface area contributed by atoms with E-state index in [4.69, 9.17) is 12.6 Å². The number of aliphatic imine (C=N–C) groups is 1. The number of hydrogen-bond acceptors (Lipinski definition) is 3. The van der Waals surface area contributed by atoms with Crippen LogP contribution in [0, 0.1) is 5.92 Å². The number of allylic oxidation sites excluding steroid dienone is 2. The van der Waals surface area contributed by atoms with Crippen molar-refractivity contribution < 1.29 is 4.79 Å². The van der Waals surface area contributed by atoms with Crippen molar-refractivity contribution in [2.24, 2.45) is 10.9 Å². The predicted molar refractivity (Wildman–Crippen MR) is 48.5 cm³/mol. The molecule has 0 aromatic rings. The van der Waals surface area contributed by atoms with E-state index in [-0.39, 0.29) is 17.9 Å². The summed E-state index contributed by atoms with van der Waals surface area (Å²) in [5, 5.41) is 2.81. The standard InChI is InChI=1S/C8H8N2OS/c11-7-5-3-1-2-4-6(5)9-8(12)10-7/h1-6H,(H2,9,10,11,12)/p-1. The highest BCUT2D eigenvalue weighted by atomic mass is 32.1. The molecular formula is C8H7N2OS-. The van der Waals surface area contributed by atoms with Crippen LogP contribution in [-0.2, 0) is 17.4 Å². The molecule has 2 rings (SSSR count). The molecule has 0 aromatic heterocycles. The molecule has 0 radical (unpaired) electrons. The van der Waals surface area contributed by atoms with Gasteiger partial charge in [0.15, 0.2) is 0 Å². The zero-order valence-corrected chi connectivity index (χ0v) is 7.04. The highest BCUT2D eigenvalue weighted by Crippen LogP contribution is 2.18. The molecule has 2 aliphatic rings. The van der Waals surface area contributed by atoms with Crippen molar-refractivity contribution >= 4 is 23.7 Å². The topological polar surface area (TPSA) is 41.5 Å². The zero-order valence-electron chi connectivity index (χ0n) is 6.23. The van der Waals surface area contributed by atoms with Gasteiger partial charge in [-0.15, -0.1) is 0 Å². The second-order valence-electron chi connectivity index (χ2n) is 2.71. The van der Waals surface area contributed by atoms with Crippen LogP contribution in [0.5, 0.6) is 0 Å². The van der Waals surface area contributed by atoms with Crippen LogP contribution in [0.3, 0.4) is 0 Å². The molecule has 2 unspecified atom stereocenters. The smallest absolute Gasteiger partial charge is 0.233 e. The minimum atomic E-state index is -0.165. The van der Waals surface area contributed by atoms with E-state index in [2.05, 4.69) is 10.3 Å². The second-order valence-corrected chi connectivity index (χ2v) is 3.10. The molecule has 0 saturated carbocycles. The van der Waals surface area contributed by atoms with E-state index in [1.807, 2.05) is 24.3 Å². The number of fused-ring (bicyclic) bond motifs is 1. The molecule has 0 aromatic carbocycles. The molecule has 4 heteroatoms. The fourth-order valence-electron chi connectivity index (χ4n) is 1.32. The summed E-state index contributed by atoms with van der Waals surface area (Å²) < 4.78 is 0. The van der Waals surface area contributed by atoms with Crippen LogP contribution in [0.15, 0.2) is 29.3 Å². The van der Waals surface area contributed by atoms with Crippen molar-refractivity contribution in [2.45, 2.75) is 6.04 Å². The lowest BCUT2D eigenvalue weighted by Gasteiger charge is -2.29. The van der Waals surface area contributed by atoms with Gasteiger partial charge in [0.2, 0.25) is 5.91 Å². The molecule has 1 aliphatic carbocycles. The van der Waals surface area contributed by atoms with Crippen LogP contribution >= 0.6 is 0 Å². The first-order valence-electron chi connectivity index (χ1n) is 3.68. The van der Waals surface area contributed by atoms with Gasteiger partial charge in [0.05, 0.1) is 12.0 Å². The first kappa shape index (κ1) is 7.49. The average Bonchev–Trinajstić information content (AvgIpc) is 2.04. The van der Waals surface area contributed by atoms with Crippen LogP contribution in [0.25, 0.3) is 0 Å². The summed E-state index contributed by atoms with van der Waals surface area (Å²) in [5.74, 6) is -0.220. The lowest BCUT2D eigenvalue weighted by molar-refractivity contribution is -0.122. The minimum absolute atomic E-state index is 0.0550. The van der Waals surface area contributed by atoms with Crippen molar-refractivity contribution in [3.8, 4) is 0 Å². The van der Waals surface area contributed by atoms with E-state index in [1.165, 1.54) is 0 Å². The fourth-order valence-corrected chi connectivity index (χ4v) is 1.54. The summed E-state index contributed by atoms with van der Waals surface area (Å²) >= 11 is 4.79. The first-order chi connectivity index (χ1) is 5.77. The van der Waals surface area contributed by atoms with Gasteiger partial charge in [-0.3, -0.25) is 9.79 Å². The van der Waals surface area contributed by atoms with Crippen molar-refractivity contribution in [3.63, 3.8) is 0 Å². The highest BCUT2D eigenvalue weighted by Gasteiger charge is 2.27. The van der Waals surface area contributed by atoms with Crippen LogP contribution in [0.1, 0.15) is 0 Å².